The van der Waals surface area contributed by atoms with E-state index in [1.54, 1.807) is 18.3 Å². The normalized spacial score (nSPS) is 9.45. The van der Waals surface area contributed by atoms with Gasteiger partial charge >= 0.3 is 0 Å². The Morgan fingerprint density at radius 2 is 1.74 bits per heavy atom. The van der Waals surface area contributed by atoms with Crippen LogP contribution in [0.15, 0.2) is 61.3 Å². The van der Waals surface area contributed by atoms with Gasteiger partial charge < -0.3 is 15.3 Å². The number of benzene rings is 2. The number of nitrogens with zero attached hydrogens (tertiary/aromatic N) is 1. The van der Waals surface area contributed by atoms with Crippen molar-refractivity contribution in [3.05, 3.63) is 83.8 Å². The van der Waals surface area contributed by atoms with Crippen LogP contribution < -0.4 is 10.5 Å². The van der Waals surface area contributed by atoms with Crippen LogP contribution in [0.2, 0.25) is 0 Å². The highest BCUT2D eigenvalue weighted by Gasteiger charge is 2.10. The number of hydrogen-bond acceptors (Lipinski definition) is 4. The third kappa shape index (κ3) is 8.05. The van der Waals surface area contributed by atoms with Gasteiger partial charge in [0.25, 0.3) is 0 Å². The van der Waals surface area contributed by atoms with E-state index in [0.717, 1.165) is 28.5 Å². The Balaban J connectivity index is 0.000000720. The number of halogens is 1. The molecule has 1 heterocycles. The minimum absolute atomic E-state index is 0.100. The first-order valence-electron chi connectivity index (χ1n) is 10.2. The number of carbonyl (C=O) groups is 1. The summed E-state index contributed by atoms with van der Waals surface area (Å²) in [5, 5.41) is 0. The average molecular weight is 423 g/mol. The SMILES string of the molecule is C=Cc1ccc(-c2cnc(N)c(OCc3c(C)cccc3F)c2)cc1.CC=O.CCC. The van der Waals surface area contributed by atoms with Gasteiger partial charge in [-0.15, -0.1) is 0 Å². The third-order valence-corrected chi connectivity index (χ3v) is 4.09. The van der Waals surface area contributed by atoms with Gasteiger partial charge in [-0.25, -0.2) is 9.37 Å². The van der Waals surface area contributed by atoms with Crippen LogP contribution in [0.1, 0.15) is 43.9 Å². The number of ether oxygens (including phenoxy) is 1. The average Bonchev–Trinajstić information content (AvgIpc) is 2.76. The van der Waals surface area contributed by atoms with E-state index in [9.17, 15) is 4.39 Å². The summed E-state index contributed by atoms with van der Waals surface area (Å²) in [5.41, 5.74) is 10.2. The van der Waals surface area contributed by atoms with Crippen LogP contribution >= 0.6 is 0 Å². The van der Waals surface area contributed by atoms with E-state index in [-0.39, 0.29) is 18.2 Å². The van der Waals surface area contributed by atoms with Crippen molar-refractivity contribution in [2.75, 3.05) is 5.73 Å². The number of carbonyl (C=O) groups excluding carboxylic acids is 1. The van der Waals surface area contributed by atoms with Gasteiger partial charge in [-0.05, 0) is 42.7 Å². The largest absolute Gasteiger partial charge is 0.485 e. The van der Waals surface area contributed by atoms with Crippen LogP contribution in [0.3, 0.4) is 0 Å². The van der Waals surface area contributed by atoms with Crippen LogP contribution in [-0.4, -0.2) is 11.3 Å². The molecule has 3 aromatic rings. The summed E-state index contributed by atoms with van der Waals surface area (Å²) in [6.07, 6.45) is 5.48. The summed E-state index contributed by atoms with van der Waals surface area (Å²) in [6.45, 7) is 11.4. The number of anilines is 1. The van der Waals surface area contributed by atoms with E-state index in [2.05, 4.69) is 25.4 Å². The summed E-state index contributed by atoms with van der Waals surface area (Å²) in [7, 11) is 0. The van der Waals surface area contributed by atoms with Crippen LogP contribution in [0.5, 0.6) is 5.75 Å². The molecule has 0 aliphatic heterocycles. The molecule has 0 amide bonds. The van der Waals surface area contributed by atoms with Crippen molar-refractivity contribution in [3.8, 4) is 16.9 Å². The van der Waals surface area contributed by atoms with Gasteiger partial charge in [-0.1, -0.05) is 69.3 Å². The van der Waals surface area contributed by atoms with Crippen LogP contribution in [0.4, 0.5) is 10.2 Å². The lowest BCUT2D eigenvalue weighted by Crippen LogP contribution is -2.04. The van der Waals surface area contributed by atoms with Crippen molar-refractivity contribution in [2.45, 2.75) is 40.7 Å². The summed E-state index contributed by atoms with van der Waals surface area (Å²) < 4.78 is 19.7. The molecule has 0 unspecified atom stereocenters. The van der Waals surface area contributed by atoms with Crippen LogP contribution in [0.25, 0.3) is 17.2 Å². The predicted octanol–water partition coefficient (Wildman–Crippen LogP) is 6.62. The van der Waals surface area contributed by atoms with Crippen molar-refractivity contribution in [1.29, 1.82) is 0 Å². The second-order valence-electron chi connectivity index (χ2n) is 6.70. The molecule has 0 aliphatic carbocycles. The van der Waals surface area contributed by atoms with Crippen molar-refractivity contribution < 1.29 is 13.9 Å². The second kappa shape index (κ2) is 13.7. The molecule has 0 radical (unpaired) electrons. The molecule has 0 saturated carbocycles. The van der Waals surface area contributed by atoms with Crippen molar-refractivity contribution in [3.63, 3.8) is 0 Å². The second-order valence-corrected chi connectivity index (χ2v) is 6.70. The molecular weight excluding hydrogens is 391 g/mol. The fraction of sp³-hybridized carbons (Fsp3) is 0.231. The van der Waals surface area contributed by atoms with Gasteiger partial charge in [0.1, 0.15) is 18.7 Å². The fourth-order valence-corrected chi connectivity index (χ4v) is 2.54. The molecule has 2 aromatic carbocycles. The molecule has 31 heavy (non-hydrogen) atoms. The highest BCUT2D eigenvalue weighted by molar-refractivity contribution is 5.68. The van der Waals surface area contributed by atoms with Crippen molar-refractivity contribution in [2.24, 2.45) is 0 Å². The lowest BCUT2D eigenvalue weighted by molar-refractivity contribution is -0.106. The minimum Gasteiger partial charge on any atom is -0.485 e. The molecule has 1 aromatic heterocycles. The molecule has 0 aliphatic rings. The topological polar surface area (TPSA) is 65.2 Å². The Morgan fingerprint density at radius 3 is 2.29 bits per heavy atom. The zero-order valence-electron chi connectivity index (χ0n) is 18.7. The Bertz CT molecular complexity index is 949. The van der Waals surface area contributed by atoms with Gasteiger partial charge in [-0.2, -0.15) is 0 Å². The number of aromatic nitrogens is 1. The summed E-state index contributed by atoms with van der Waals surface area (Å²) in [6, 6.07) is 14.7. The number of nitrogens with two attached hydrogens (primary N) is 1. The monoisotopic (exact) mass is 422 g/mol. The zero-order chi connectivity index (χ0) is 23.2. The Labute approximate surface area is 184 Å². The number of nitrogen functional groups attached to an aromatic ring is 1. The Morgan fingerprint density at radius 1 is 1.13 bits per heavy atom. The summed E-state index contributed by atoms with van der Waals surface area (Å²) in [5.74, 6) is 0.427. The van der Waals surface area contributed by atoms with E-state index >= 15 is 0 Å². The third-order valence-electron chi connectivity index (χ3n) is 4.09. The highest BCUT2D eigenvalue weighted by Crippen LogP contribution is 2.28. The van der Waals surface area contributed by atoms with Crippen LogP contribution in [-0.2, 0) is 11.4 Å². The molecule has 164 valence electrons. The number of aldehydes is 1. The number of rotatable bonds is 5. The first-order valence-corrected chi connectivity index (χ1v) is 10.2. The Hall–Kier alpha value is -3.47. The number of hydrogen-bond donors (Lipinski definition) is 1. The summed E-state index contributed by atoms with van der Waals surface area (Å²) >= 11 is 0. The van der Waals surface area contributed by atoms with Gasteiger partial charge in [0.05, 0.1) is 0 Å². The lowest BCUT2D eigenvalue weighted by Gasteiger charge is -2.12. The van der Waals surface area contributed by atoms with E-state index in [4.69, 9.17) is 15.3 Å². The maximum absolute atomic E-state index is 13.9. The van der Waals surface area contributed by atoms with Gasteiger partial charge in [0.2, 0.25) is 0 Å². The van der Waals surface area contributed by atoms with Crippen molar-refractivity contribution in [1.82, 2.24) is 4.98 Å². The predicted molar refractivity (Wildman–Crippen MR) is 127 cm³/mol. The van der Waals surface area contributed by atoms with Gasteiger partial charge in [0, 0.05) is 17.3 Å². The van der Waals surface area contributed by atoms with E-state index in [1.807, 2.05) is 43.3 Å². The molecular formula is C26H31FN2O2. The first-order chi connectivity index (χ1) is 14.9. The van der Waals surface area contributed by atoms with Crippen molar-refractivity contribution >= 4 is 18.2 Å². The fourth-order valence-electron chi connectivity index (χ4n) is 2.54. The molecule has 0 saturated heterocycles. The molecule has 0 atom stereocenters. The minimum atomic E-state index is -0.289. The smallest absolute Gasteiger partial charge is 0.166 e. The standard InChI is InChI=1S/C21H19FN2O.C3H8.C2H4O/c1-3-15-7-9-16(10-8-15)17-11-20(21(23)24-12-17)25-13-18-14(2)5-4-6-19(18)22;1-3-2;1-2-3/h3-12H,1,13H2,2H3,(H2,23,24);3H2,1-2H3;2H,1H3. The van der Waals surface area contributed by atoms with Gasteiger partial charge in [0.15, 0.2) is 11.6 Å². The Kier molecular flexibility index (Phi) is 11.3. The maximum atomic E-state index is 13.9. The quantitative estimate of drug-likeness (QED) is 0.469. The van der Waals surface area contributed by atoms with E-state index in [1.165, 1.54) is 19.4 Å². The van der Waals surface area contributed by atoms with E-state index in [0.29, 0.717) is 11.3 Å². The molecule has 5 heteroatoms. The number of aryl methyl sites for hydroxylation is 1. The first kappa shape index (κ1) is 25.6. The molecule has 0 spiro atoms. The van der Waals surface area contributed by atoms with Crippen LogP contribution in [0, 0.1) is 12.7 Å². The summed E-state index contributed by atoms with van der Waals surface area (Å²) in [4.78, 5) is 13.0. The zero-order valence-corrected chi connectivity index (χ0v) is 18.7. The molecule has 3 rings (SSSR count). The molecule has 0 bridgehead atoms. The molecule has 0 fully saturated rings. The number of pyridine rings is 1. The molecule has 4 nitrogen and oxygen atoms in total. The maximum Gasteiger partial charge on any atom is 0.166 e. The lowest BCUT2D eigenvalue weighted by atomic mass is 10.1. The van der Waals surface area contributed by atoms with E-state index < -0.39 is 0 Å². The van der Waals surface area contributed by atoms with Gasteiger partial charge in [-0.3, -0.25) is 0 Å². The molecule has 2 N–H and O–H groups in total. The highest BCUT2D eigenvalue weighted by atomic mass is 19.1.